The summed E-state index contributed by atoms with van der Waals surface area (Å²) < 4.78 is 7.28. The molecule has 6 rings (SSSR count). The summed E-state index contributed by atoms with van der Waals surface area (Å²) in [5.74, 6) is 5.25. The monoisotopic (exact) mass is 508 g/mol. The lowest BCUT2D eigenvalue weighted by Gasteiger charge is -2.57. The Morgan fingerprint density at radius 1 is 1.03 bits per heavy atom. The number of hydrogen-bond donors (Lipinski definition) is 1. The van der Waals surface area contributed by atoms with Gasteiger partial charge in [-0.15, -0.1) is 0 Å². The molecule has 0 radical (unpaired) electrons. The Bertz CT molecular complexity index is 964. The molecule has 1 N–H and O–H groups in total. The Morgan fingerprint density at radius 3 is 2.11 bits per heavy atom. The van der Waals surface area contributed by atoms with Crippen LogP contribution in [0, 0.1) is 36.5 Å². The van der Waals surface area contributed by atoms with Gasteiger partial charge in [0, 0.05) is 6.61 Å². The van der Waals surface area contributed by atoms with Crippen LogP contribution >= 0.6 is 0 Å². The number of allylic oxidation sites excluding steroid dienone is 1. The first-order valence-electron chi connectivity index (χ1n) is 14.9. The third-order valence-corrected chi connectivity index (χ3v) is 15.7. The van der Waals surface area contributed by atoms with Crippen LogP contribution < -0.4 is 4.43 Å². The molecule has 0 spiro atoms. The fourth-order valence-corrected chi connectivity index (χ4v) is 9.88. The van der Waals surface area contributed by atoms with Crippen LogP contribution in [0.2, 0.25) is 18.1 Å². The van der Waals surface area contributed by atoms with Crippen molar-refractivity contribution in [3.05, 3.63) is 41.0 Å². The van der Waals surface area contributed by atoms with Gasteiger partial charge in [0.2, 0.25) is 8.32 Å². The van der Waals surface area contributed by atoms with Crippen molar-refractivity contribution in [2.75, 3.05) is 6.61 Å². The van der Waals surface area contributed by atoms with Gasteiger partial charge in [0.1, 0.15) is 5.75 Å². The summed E-state index contributed by atoms with van der Waals surface area (Å²) in [6, 6.07) is 5.12. The Kier molecular flexibility index (Phi) is 6.85. The molecule has 1 aromatic carbocycles. The molecule has 0 unspecified atom stereocenters. The Labute approximate surface area is 222 Å². The van der Waals surface area contributed by atoms with E-state index in [-0.39, 0.29) is 5.04 Å². The van der Waals surface area contributed by atoms with Gasteiger partial charge in [-0.2, -0.15) is 0 Å². The first kappa shape index (κ1) is 26.5. The maximum Gasteiger partial charge on any atom is 0.250 e. The molecule has 200 valence electrons. The molecular weight excluding hydrogens is 456 g/mol. The SMILES string of the molecule is C=C(C)[C@@H]1CC[C@@H](CO)C[C@H]1c1c(C)cc(C23CC4CC(CC(C4)C2)C3)cc1O[Si](C)(C)C(C)(C)C. The predicted octanol–water partition coefficient (Wildman–Crippen LogP) is 8.92. The van der Waals surface area contributed by atoms with E-state index >= 15 is 0 Å². The third kappa shape index (κ3) is 4.66. The van der Waals surface area contributed by atoms with Crippen molar-refractivity contribution < 1.29 is 9.53 Å². The predicted molar refractivity (Wildman–Crippen MR) is 154 cm³/mol. The highest BCUT2D eigenvalue weighted by Crippen LogP contribution is 2.61. The molecular formula is C33H52O2Si. The molecule has 1 aromatic rings. The zero-order chi connectivity index (χ0) is 26.0. The van der Waals surface area contributed by atoms with Gasteiger partial charge in [0.15, 0.2) is 0 Å². The molecule has 0 saturated heterocycles. The minimum atomic E-state index is -2.02. The fourth-order valence-electron chi connectivity index (χ4n) is 8.86. The summed E-state index contributed by atoms with van der Waals surface area (Å²) in [7, 11) is -2.02. The highest BCUT2D eigenvalue weighted by atomic mass is 28.4. The number of aliphatic hydroxyl groups is 1. The van der Waals surface area contributed by atoms with Crippen LogP contribution in [0.3, 0.4) is 0 Å². The molecule has 4 bridgehead atoms. The molecule has 0 amide bonds. The average molecular weight is 509 g/mol. The molecule has 5 aliphatic carbocycles. The smallest absolute Gasteiger partial charge is 0.250 e. The highest BCUT2D eigenvalue weighted by Gasteiger charge is 2.52. The second kappa shape index (κ2) is 9.29. The van der Waals surface area contributed by atoms with Crippen LogP contribution in [0.1, 0.15) is 108 Å². The molecule has 2 nitrogen and oxygen atoms in total. The summed E-state index contributed by atoms with van der Waals surface area (Å²) in [6.07, 6.45) is 11.9. The van der Waals surface area contributed by atoms with Crippen molar-refractivity contribution in [1.82, 2.24) is 0 Å². The van der Waals surface area contributed by atoms with Crippen LogP contribution in [0.25, 0.3) is 0 Å². The van der Waals surface area contributed by atoms with Crippen molar-refractivity contribution in [2.24, 2.45) is 29.6 Å². The van der Waals surface area contributed by atoms with Crippen LogP contribution in [-0.2, 0) is 5.41 Å². The lowest BCUT2D eigenvalue weighted by molar-refractivity contribution is -0.00529. The molecule has 5 aliphatic rings. The van der Waals surface area contributed by atoms with Crippen LogP contribution in [0.5, 0.6) is 5.75 Å². The minimum absolute atomic E-state index is 0.156. The van der Waals surface area contributed by atoms with Gasteiger partial charge in [-0.05, 0) is 153 Å². The molecule has 0 heterocycles. The number of hydrogen-bond acceptors (Lipinski definition) is 2. The second-order valence-electron chi connectivity index (χ2n) is 15.2. The lowest BCUT2D eigenvalue weighted by Crippen LogP contribution is -2.48. The molecule has 0 aromatic heterocycles. The molecule has 0 aliphatic heterocycles. The number of aryl methyl sites for hydroxylation is 1. The fraction of sp³-hybridized carbons (Fsp3) is 0.758. The first-order valence-corrected chi connectivity index (χ1v) is 17.8. The van der Waals surface area contributed by atoms with E-state index in [1.54, 1.807) is 5.56 Å². The van der Waals surface area contributed by atoms with Crippen molar-refractivity contribution >= 4 is 8.32 Å². The van der Waals surface area contributed by atoms with Gasteiger partial charge in [0.25, 0.3) is 0 Å². The van der Waals surface area contributed by atoms with Gasteiger partial charge in [-0.1, -0.05) is 39.0 Å². The van der Waals surface area contributed by atoms with Crippen molar-refractivity contribution in [3.8, 4) is 5.75 Å². The van der Waals surface area contributed by atoms with Crippen LogP contribution in [0.15, 0.2) is 24.3 Å². The first-order chi connectivity index (χ1) is 16.8. The van der Waals surface area contributed by atoms with Gasteiger partial charge in [-0.3, -0.25) is 0 Å². The Hall–Kier alpha value is -1.06. The van der Waals surface area contributed by atoms with E-state index in [0.717, 1.165) is 37.0 Å². The van der Waals surface area contributed by atoms with Crippen molar-refractivity contribution in [2.45, 2.75) is 122 Å². The zero-order valence-electron chi connectivity index (χ0n) is 24.3. The van der Waals surface area contributed by atoms with Gasteiger partial charge < -0.3 is 9.53 Å². The van der Waals surface area contributed by atoms with Crippen molar-refractivity contribution in [1.29, 1.82) is 0 Å². The second-order valence-corrected chi connectivity index (χ2v) is 19.9. The molecule has 5 fully saturated rings. The van der Waals surface area contributed by atoms with Crippen LogP contribution in [-0.4, -0.2) is 20.0 Å². The normalized spacial score (nSPS) is 36.2. The molecule has 3 atom stereocenters. The lowest BCUT2D eigenvalue weighted by atomic mass is 9.48. The van der Waals surface area contributed by atoms with E-state index < -0.39 is 8.32 Å². The van der Waals surface area contributed by atoms with E-state index in [9.17, 15) is 5.11 Å². The Balaban J connectivity index is 1.62. The minimum Gasteiger partial charge on any atom is -0.543 e. The van der Waals surface area contributed by atoms with E-state index in [1.807, 2.05) is 0 Å². The molecule has 36 heavy (non-hydrogen) atoms. The van der Waals surface area contributed by atoms with Gasteiger partial charge >= 0.3 is 0 Å². The zero-order valence-corrected chi connectivity index (χ0v) is 25.3. The topological polar surface area (TPSA) is 29.5 Å². The number of benzene rings is 1. The van der Waals surface area contributed by atoms with E-state index in [2.05, 4.69) is 66.4 Å². The largest absolute Gasteiger partial charge is 0.543 e. The van der Waals surface area contributed by atoms with Crippen LogP contribution in [0.4, 0.5) is 0 Å². The Morgan fingerprint density at radius 2 is 1.61 bits per heavy atom. The summed E-state index contributed by atoms with van der Waals surface area (Å²) in [5, 5.41) is 10.3. The van der Waals surface area contributed by atoms with E-state index in [4.69, 9.17) is 4.43 Å². The molecule has 3 heteroatoms. The third-order valence-electron chi connectivity index (χ3n) is 11.4. The standard InChI is InChI=1S/C33H52O2Si/c1-21(2)28-10-9-23(20-34)15-29(28)31-22(3)11-27(16-30(31)35-36(7,8)32(4,5)6)33-17-24-12-25(18-33)14-26(13-24)19-33/h11,16,23-26,28-29,34H,1,9-10,12-15,17-20H2,2-8H3/t23-,24?,25?,26?,28+,29-,33?/m1/s1. The van der Waals surface area contributed by atoms with Gasteiger partial charge in [-0.25, -0.2) is 0 Å². The van der Waals surface area contributed by atoms with Gasteiger partial charge in [0.05, 0.1) is 0 Å². The van der Waals surface area contributed by atoms with E-state index in [0.29, 0.717) is 29.8 Å². The molecule has 5 saturated carbocycles. The summed E-state index contributed by atoms with van der Waals surface area (Å²) in [5.41, 5.74) is 6.10. The summed E-state index contributed by atoms with van der Waals surface area (Å²) >= 11 is 0. The highest BCUT2D eigenvalue weighted by molar-refractivity contribution is 6.74. The summed E-state index contributed by atoms with van der Waals surface area (Å²) in [6.45, 7) is 21.2. The quantitative estimate of drug-likeness (QED) is 0.307. The van der Waals surface area contributed by atoms with Crippen molar-refractivity contribution in [3.63, 3.8) is 0 Å². The summed E-state index contributed by atoms with van der Waals surface area (Å²) in [4.78, 5) is 0. The average Bonchev–Trinajstić information content (AvgIpc) is 2.76. The maximum atomic E-state index is 10.1. The maximum absolute atomic E-state index is 10.1. The number of aliphatic hydroxyl groups excluding tert-OH is 1. The van der Waals surface area contributed by atoms with E-state index in [1.165, 1.54) is 61.0 Å². The number of rotatable bonds is 6.